The third kappa shape index (κ3) is 2.71. The van der Waals surface area contributed by atoms with Crippen LogP contribution in [0.3, 0.4) is 0 Å². The third-order valence-corrected chi connectivity index (χ3v) is 3.00. The van der Waals surface area contributed by atoms with Gasteiger partial charge in [0.15, 0.2) is 0 Å². The molecule has 1 saturated carbocycles. The summed E-state index contributed by atoms with van der Waals surface area (Å²) in [7, 11) is 0. The molecule has 1 aromatic carbocycles. The van der Waals surface area contributed by atoms with E-state index in [0.29, 0.717) is 11.7 Å². The largest absolute Gasteiger partial charge is 0.380 e. The Kier molecular flexibility index (Phi) is 2.94. The molecule has 1 nitrogen and oxygen atoms in total. The van der Waals surface area contributed by atoms with Crippen molar-refractivity contribution in [2.75, 3.05) is 5.32 Å². The van der Waals surface area contributed by atoms with Crippen LogP contribution in [-0.2, 0) is 0 Å². The molecular formula is C13H18FN. The molecule has 0 radical (unpaired) electrons. The van der Waals surface area contributed by atoms with Gasteiger partial charge in [0.25, 0.3) is 0 Å². The molecule has 0 heterocycles. The average Bonchev–Trinajstić information content (AvgIpc) is 2.95. The van der Waals surface area contributed by atoms with E-state index >= 15 is 0 Å². The van der Waals surface area contributed by atoms with Crippen LogP contribution in [-0.4, -0.2) is 6.04 Å². The van der Waals surface area contributed by atoms with Gasteiger partial charge < -0.3 is 5.32 Å². The van der Waals surface area contributed by atoms with Gasteiger partial charge in [-0.15, -0.1) is 0 Å². The highest BCUT2D eigenvalue weighted by Crippen LogP contribution is 2.34. The van der Waals surface area contributed by atoms with E-state index in [2.05, 4.69) is 12.2 Å². The van der Waals surface area contributed by atoms with E-state index in [9.17, 15) is 4.39 Å². The van der Waals surface area contributed by atoms with E-state index in [-0.39, 0.29) is 5.82 Å². The second kappa shape index (κ2) is 4.21. The zero-order chi connectivity index (χ0) is 10.8. The molecule has 2 heteroatoms. The number of hydrogen-bond donors (Lipinski definition) is 1. The summed E-state index contributed by atoms with van der Waals surface area (Å²) in [6.07, 6.45) is 3.86. The second-order valence-corrected chi connectivity index (χ2v) is 4.66. The highest BCUT2D eigenvalue weighted by molar-refractivity contribution is 5.52. The highest BCUT2D eigenvalue weighted by Gasteiger charge is 2.23. The van der Waals surface area contributed by atoms with Crippen molar-refractivity contribution in [3.8, 4) is 0 Å². The van der Waals surface area contributed by atoms with Crippen LogP contribution in [0.25, 0.3) is 0 Å². The molecule has 1 N–H and O–H groups in total. The van der Waals surface area contributed by atoms with Crippen molar-refractivity contribution >= 4 is 5.69 Å². The first kappa shape index (κ1) is 10.5. The zero-order valence-electron chi connectivity index (χ0n) is 9.39. The number of hydrogen-bond acceptors (Lipinski definition) is 1. The molecule has 15 heavy (non-hydrogen) atoms. The van der Waals surface area contributed by atoms with Gasteiger partial charge in [-0.3, -0.25) is 0 Å². The normalized spacial score (nSPS) is 17.5. The summed E-state index contributed by atoms with van der Waals surface area (Å²) in [5, 5.41) is 3.27. The van der Waals surface area contributed by atoms with Crippen molar-refractivity contribution < 1.29 is 4.39 Å². The van der Waals surface area contributed by atoms with Crippen molar-refractivity contribution in [2.24, 2.45) is 5.92 Å². The van der Waals surface area contributed by atoms with Crippen LogP contribution < -0.4 is 5.32 Å². The number of halogens is 1. The quantitative estimate of drug-likeness (QED) is 0.793. The Morgan fingerprint density at radius 3 is 2.80 bits per heavy atom. The fourth-order valence-electron chi connectivity index (χ4n) is 1.97. The maximum absolute atomic E-state index is 13.5. The van der Waals surface area contributed by atoms with Gasteiger partial charge in [-0.2, -0.15) is 0 Å². The maximum Gasteiger partial charge on any atom is 0.146 e. The number of aryl methyl sites for hydroxylation is 1. The number of anilines is 1. The number of rotatable bonds is 4. The van der Waals surface area contributed by atoms with Gasteiger partial charge in [-0.05, 0) is 37.8 Å². The van der Waals surface area contributed by atoms with Crippen molar-refractivity contribution in [1.82, 2.24) is 0 Å². The molecule has 0 spiro atoms. The minimum absolute atomic E-state index is 0.141. The van der Waals surface area contributed by atoms with Gasteiger partial charge in [-0.25, -0.2) is 4.39 Å². The Morgan fingerprint density at radius 1 is 1.47 bits per heavy atom. The Hall–Kier alpha value is -1.05. The van der Waals surface area contributed by atoms with Crippen LogP contribution in [0.4, 0.5) is 10.1 Å². The van der Waals surface area contributed by atoms with Crippen molar-refractivity contribution in [3.05, 3.63) is 29.6 Å². The standard InChI is InChI=1S/C13H18FN/c1-9-4-3-5-12(14)13(9)15-10(2)8-11-6-7-11/h3-5,10-11,15H,6-8H2,1-2H3. The monoisotopic (exact) mass is 207 g/mol. The minimum atomic E-state index is -0.141. The fraction of sp³-hybridized carbons (Fsp3) is 0.538. The van der Waals surface area contributed by atoms with Gasteiger partial charge in [-0.1, -0.05) is 25.0 Å². The van der Waals surface area contributed by atoms with Crippen LogP contribution in [0.15, 0.2) is 18.2 Å². The lowest BCUT2D eigenvalue weighted by atomic mass is 10.1. The highest BCUT2D eigenvalue weighted by atomic mass is 19.1. The molecule has 0 aromatic heterocycles. The average molecular weight is 207 g/mol. The van der Waals surface area contributed by atoms with Crippen LogP contribution >= 0.6 is 0 Å². The number of benzene rings is 1. The van der Waals surface area contributed by atoms with Gasteiger partial charge in [0.2, 0.25) is 0 Å². The van der Waals surface area contributed by atoms with Crippen LogP contribution in [0.1, 0.15) is 31.7 Å². The molecule has 1 fully saturated rings. The van der Waals surface area contributed by atoms with E-state index in [1.807, 2.05) is 13.0 Å². The molecule has 1 aromatic rings. The lowest BCUT2D eigenvalue weighted by Crippen LogP contribution is -2.17. The second-order valence-electron chi connectivity index (χ2n) is 4.66. The van der Waals surface area contributed by atoms with Gasteiger partial charge >= 0.3 is 0 Å². The topological polar surface area (TPSA) is 12.0 Å². The van der Waals surface area contributed by atoms with Crippen molar-refractivity contribution in [3.63, 3.8) is 0 Å². The SMILES string of the molecule is Cc1cccc(F)c1NC(C)CC1CC1. The molecule has 0 aliphatic heterocycles. The van der Waals surface area contributed by atoms with E-state index in [4.69, 9.17) is 0 Å². The molecule has 82 valence electrons. The van der Waals surface area contributed by atoms with E-state index in [1.165, 1.54) is 18.9 Å². The lowest BCUT2D eigenvalue weighted by molar-refractivity contribution is 0.609. The summed E-state index contributed by atoms with van der Waals surface area (Å²) in [6, 6.07) is 5.57. The van der Waals surface area contributed by atoms with Gasteiger partial charge in [0, 0.05) is 6.04 Å². The summed E-state index contributed by atoms with van der Waals surface area (Å²) in [5.74, 6) is 0.734. The first-order valence-electron chi connectivity index (χ1n) is 5.68. The summed E-state index contributed by atoms with van der Waals surface area (Å²) in [4.78, 5) is 0. The fourth-order valence-corrected chi connectivity index (χ4v) is 1.97. The Labute approximate surface area is 90.7 Å². The number of para-hydroxylation sites is 1. The summed E-state index contributed by atoms with van der Waals surface area (Å²) >= 11 is 0. The van der Waals surface area contributed by atoms with E-state index in [0.717, 1.165) is 17.9 Å². The number of nitrogens with one attached hydrogen (secondary N) is 1. The van der Waals surface area contributed by atoms with Gasteiger partial charge in [0.1, 0.15) is 5.82 Å². The molecular weight excluding hydrogens is 189 g/mol. The lowest BCUT2D eigenvalue weighted by Gasteiger charge is -2.17. The molecule has 1 unspecified atom stereocenters. The summed E-state index contributed by atoms with van der Waals surface area (Å²) < 4.78 is 13.5. The molecule has 0 bridgehead atoms. The zero-order valence-corrected chi connectivity index (χ0v) is 9.39. The Balaban J connectivity index is 2.01. The first-order valence-corrected chi connectivity index (χ1v) is 5.68. The molecule has 1 atom stereocenters. The third-order valence-electron chi connectivity index (χ3n) is 3.00. The van der Waals surface area contributed by atoms with Crippen LogP contribution in [0.5, 0.6) is 0 Å². The first-order chi connectivity index (χ1) is 7.16. The summed E-state index contributed by atoms with van der Waals surface area (Å²) in [6.45, 7) is 4.07. The van der Waals surface area contributed by atoms with E-state index < -0.39 is 0 Å². The molecule has 0 saturated heterocycles. The predicted octanol–water partition coefficient (Wildman–Crippen LogP) is 3.73. The maximum atomic E-state index is 13.5. The van der Waals surface area contributed by atoms with Crippen LogP contribution in [0.2, 0.25) is 0 Å². The van der Waals surface area contributed by atoms with Crippen LogP contribution in [0, 0.1) is 18.7 Å². The molecule has 1 aliphatic carbocycles. The molecule has 2 rings (SSSR count). The van der Waals surface area contributed by atoms with Gasteiger partial charge in [0.05, 0.1) is 5.69 Å². The smallest absolute Gasteiger partial charge is 0.146 e. The molecule has 1 aliphatic rings. The Bertz CT molecular complexity index is 324. The van der Waals surface area contributed by atoms with E-state index in [1.54, 1.807) is 6.07 Å². The van der Waals surface area contributed by atoms with Crippen molar-refractivity contribution in [2.45, 2.75) is 39.2 Å². The van der Waals surface area contributed by atoms with Crippen molar-refractivity contribution in [1.29, 1.82) is 0 Å². The predicted molar refractivity (Wildman–Crippen MR) is 61.6 cm³/mol. The summed E-state index contributed by atoms with van der Waals surface area (Å²) in [5.41, 5.74) is 1.66. The molecule has 0 amide bonds. The minimum Gasteiger partial charge on any atom is -0.380 e. The Morgan fingerprint density at radius 2 is 2.20 bits per heavy atom.